The van der Waals surface area contributed by atoms with Crippen molar-refractivity contribution in [3.05, 3.63) is 66.0 Å². The Balaban J connectivity index is 1.26. The number of aromatic nitrogens is 3. The van der Waals surface area contributed by atoms with Crippen LogP contribution in [-0.4, -0.2) is 59.8 Å². The molecule has 1 fully saturated rings. The van der Waals surface area contributed by atoms with Crippen molar-refractivity contribution in [1.82, 2.24) is 15.0 Å². The Kier molecular flexibility index (Phi) is 8.15. The molecule has 2 aliphatic heterocycles. The van der Waals surface area contributed by atoms with Gasteiger partial charge in [0, 0.05) is 37.0 Å². The van der Waals surface area contributed by atoms with Gasteiger partial charge in [-0.15, -0.1) is 5.10 Å². The molecule has 39 heavy (non-hydrogen) atoms. The fraction of sp³-hybridized carbons (Fsp3) is 0.483. The molecular weight excluding hydrogens is 515 g/mol. The maximum Gasteiger partial charge on any atom is 0.269 e. The van der Waals surface area contributed by atoms with Gasteiger partial charge in [0.25, 0.3) is 5.91 Å². The van der Waals surface area contributed by atoms with Gasteiger partial charge in [-0.3, -0.25) is 14.4 Å². The summed E-state index contributed by atoms with van der Waals surface area (Å²) in [6.07, 6.45) is 4.31. The minimum absolute atomic E-state index is 0.0116. The molecule has 3 heterocycles. The number of rotatable bonds is 10. The number of fused-ring (bicyclic) bond motifs is 1. The van der Waals surface area contributed by atoms with Gasteiger partial charge < -0.3 is 18.7 Å². The van der Waals surface area contributed by atoms with E-state index in [2.05, 4.69) is 29.4 Å². The van der Waals surface area contributed by atoms with Crippen molar-refractivity contribution in [2.24, 2.45) is 5.92 Å². The Morgan fingerprint density at radius 3 is 2.72 bits per heavy atom. The molecule has 2 aliphatic rings. The summed E-state index contributed by atoms with van der Waals surface area (Å²) in [7, 11) is -2.98. The van der Waals surface area contributed by atoms with E-state index in [1.165, 1.54) is 0 Å². The summed E-state index contributed by atoms with van der Waals surface area (Å²) >= 11 is 0. The van der Waals surface area contributed by atoms with Gasteiger partial charge in [-0.25, -0.2) is 0 Å². The van der Waals surface area contributed by atoms with E-state index in [0.717, 1.165) is 35.5 Å². The number of hydrogen-bond donors (Lipinski definition) is 1. The summed E-state index contributed by atoms with van der Waals surface area (Å²) in [4.78, 5) is 14.5. The van der Waals surface area contributed by atoms with Crippen LogP contribution in [0.25, 0.3) is 0 Å². The van der Waals surface area contributed by atoms with Crippen molar-refractivity contribution in [3.63, 3.8) is 0 Å². The molecule has 0 radical (unpaired) electrons. The van der Waals surface area contributed by atoms with Crippen LogP contribution >= 0.6 is 0 Å². The first-order chi connectivity index (χ1) is 18.7. The van der Waals surface area contributed by atoms with Crippen LogP contribution < -0.4 is 9.64 Å². The molecule has 0 spiro atoms. The predicted molar refractivity (Wildman–Crippen MR) is 149 cm³/mol. The first-order valence-electron chi connectivity index (χ1n) is 13.7. The number of para-hydroxylation sites is 2. The number of hydrogen-bond acceptors (Lipinski definition) is 6. The Labute approximate surface area is 229 Å². The number of nitrogens with zero attached hydrogens (tertiary/aromatic N) is 4. The molecule has 208 valence electrons. The highest BCUT2D eigenvalue weighted by Gasteiger charge is 2.50. The Bertz CT molecular complexity index is 1300. The number of aryl methyl sites for hydroxylation is 2. The molecule has 1 saturated heterocycles. The first kappa shape index (κ1) is 27.5. The summed E-state index contributed by atoms with van der Waals surface area (Å²) in [5, 5.41) is 17.4. The molecule has 0 unspecified atom stereocenters. The molecule has 1 aromatic heterocycles. The quantitative estimate of drug-likeness (QED) is 0.286. The van der Waals surface area contributed by atoms with Crippen molar-refractivity contribution in [3.8, 4) is 5.75 Å². The minimum atomic E-state index is -2.98. The highest BCUT2D eigenvalue weighted by atomic mass is 28.4. The second kappa shape index (κ2) is 11.6. The van der Waals surface area contributed by atoms with E-state index in [0.29, 0.717) is 25.1 Å². The summed E-state index contributed by atoms with van der Waals surface area (Å²) in [6, 6.07) is 15.6. The molecule has 5 rings (SSSR count). The summed E-state index contributed by atoms with van der Waals surface area (Å²) in [6.45, 7) is 6.33. The largest absolute Gasteiger partial charge is 0.482 e. The van der Waals surface area contributed by atoms with E-state index >= 15 is 4.11 Å². The van der Waals surface area contributed by atoms with Gasteiger partial charge in [-0.05, 0) is 68.1 Å². The molecule has 10 heteroatoms. The Hall–Kier alpha value is -3.08. The SMILES string of the molecule is C[C@@H]1[C@@H]([Si](C)(C)F)[C@H](CCn2cc(CCO)nn2)O[C@@H]1CCc1cccc(N2C(=O)COc3ccccc32)c1. The lowest BCUT2D eigenvalue weighted by molar-refractivity contribution is -0.120. The number of aliphatic hydroxyl groups excluding tert-OH is 1. The number of anilines is 2. The fourth-order valence-corrected chi connectivity index (χ4v) is 8.72. The third-order valence-corrected chi connectivity index (χ3v) is 10.4. The van der Waals surface area contributed by atoms with Crippen LogP contribution in [0.15, 0.2) is 54.7 Å². The monoisotopic (exact) mass is 552 g/mol. The van der Waals surface area contributed by atoms with Crippen LogP contribution in [0.3, 0.4) is 0 Å². The van der Waals surface area contributed by atoms with Crippen molar-refractivity contribution in [2.75, 3.05) is 18.1 Å². The van der Waals surface area contributed by atoms with Crippen molar-refractivity contribution < 1.29 is 23.5 Å². The number of aliphatic hydroxyl groups is 1. The van der Waals surface area contributed by atoms with Crippen molar-refractivity contribution >= 4 is 25.7 Å². The number of halogens is 1. The van der Waals surface area contributed by atoms with Gasteiger partial charge >= 0.3 is 0 Å². The summed E-state index contributed by atoms with van der Waals surface area (Å²) in [5.74, 6) is 0.704. The van der Waals surface area contributed by atoms with E-state index in [9.17, 15) is 4.79 Å². The van der Waals surface area contributed by atoms with Crippen LogP contribution in [0, 0.1) is 5.92 Å². The van der Waals surface area contributed by atoms with Crippen LogP contribution in [0.1, 0.15) is 31.0 Å². The number of amides is 1. The highest BCUT2D eigenvalue weighted by Crippen LogP contribution is 2.47. The molecule has 8 nitrogen and oxygen atoms in total. The van der Waals surface area contributed by atoms with E-state index in [1.807, 2.05) is 42.6 Å². The molecule has 2 aromatic carbocycles. The Morgan fingerprint density at radius 1 is 1.10 bits per heavy atom. The predicted octanol–water partition coefficient (Wildman–Crippen LogP) is 4.84. The lowest BCUT2D eigenvalue weighted by Crippen LogP contribution is -2.36. The lowest BCUT2D eigenvalue weighted by Gasteiger charge is -2.29. The smallest absolute Gasteiger partial charge is 0.269 e. The topological polar surface area (TPSA) is 89.7 Å². The molecule has 4 atom stereocenters. The van der Waals surface area contributed by atoms with E-state index < -0.39 is 8.41 Å². The van der Waals surface area contributed by atoms with Crippen molar-refractivity contribution in [1.29, 1.82) is 0 Å². The fourth-order valence-electron chi connectivity index (χ4n) is 6.13. The summed E-state index contributed by atoms with van der Waals surface area (Å²) < 4.78 is 29.4. The normalized spacial score (nSPS) is 23.1. The maximum atomic E-state index is 15.5. The third-order valence-electron chi connectivity index (χ3n) is 7.89. The standard InChI is InChI=1S/C29H37FN4O4Si/c1-20-25(38-27(29(20)39(2,3)30)13-15-33-18-22(14-16-35)31-32-33)12-11-21-7-6-8-23(17-21)34-24-9-4-5-10-26(24)37-19-28(34)36/h4-10,17-18,20,25,27,29,35H,11-16,19H2,1-3H3/t20-,25+,27-,29+/m0/s1. The molecule has 0 aliphatic carbocycles. The van der Waals surface area contributed by atoms with Gasteiger partial charge in [-0.2, -0.15) is 0 Å². The van der Waals surface area contributed by atoms with Crippen LogP contribution in [0.5, 0.6) is 5.75 Å². The van der Waals surface area contributed by atoms with Crippen LogP contribution in [0.2, 0.25) is 18.6 Å². The van der Waals surface area contributed by atoms with Crippen molar-refractivity contribution in [2.45, 2.75) is 70.0 Å². The van der Waals surface area contributed by atoms with E-state index in [-0.39, 0.29) is 42.8 Å². The zero-order chi connectivity index (χ0) is 27.6. The van der Waals surface area contributed by atoms with Gasteiger partial charge in [0.05, 0.1) is 23.6 Å². The third kappa shape index (κ3) is 6.07. The maximum absolute atomic E-state index is 15.5. The van der Waals surface area contributed by atoms with Gasteiger partial charge in [0.2, 0.25) is 8.41 Å². The zero-order valence-corrected chi connectivity index (χ0v) is 23.8. The second-order valence-corrected chi connectivity index (χ2v) is 14.9. The zero-order valence-electron chi connectivity index (χ0n) is 22.8. The molecular formula is C29H37FN4O4Si. The Morgan fingerprint density at radius 2 is 1.92 bits per heavy atom. The van der Waals surface area contributed by atoms with Crippen LogP contribution in [-0.2, 0) is 28.9 Å². The average molecular weight is 553 g/mol. The number of ether oxygens (including phenoxy) is 2. The number of benzene rings is 2. The van der Waals surface area contributed by atoms with Gasteiger partial charge in [0.15, 0.2) is 6.61 Å². The number of carbonyl (C=O) groups is 1. The minimum Gasteiger partial charge on any atom is -0.482 e. The molecule has 1 N–H and O–H groups in total. The van der Waals surface area contributed by atoms with E-state index in [4.69, 9.17) is 14.6 Å². The lowest BCUT2D eigenvalue weighted by atomic mass is 9.95. The second-order valence-electron chi connectivity index (χ2n) is 11.1. The van der Waals surface area contributed by atoms with Gasteiger partial charge in [-0.1, -0.05) is 36.4 Å². The first-order valence-corrected chi connectivity index (χ1v) is 16.7. The summed E-state index contributed by atoms with van der Waals surface area (Å²) in [5.41, 5.74) is 3.32. The van der Waals surface area contributed by atoms with Gasteiger partial charge in [0.1, 0.15) is 5.75 Å². The van der Waals surface area contributed by atoms with E-state index in [1.54, 1.807) is 22.7 Å². The average Bonchev–Trinajstić information content (AvgIpc) is 3.49. The molecule has 0 saturated carbocycles. The van der Waals surface area contributed by atoms with Crippen LogP contribution in [0.4, 0.5) is 15.5 Å². The molecule has 0 bridgehead atoms. The highest BCUT2D eigenvalue weighted by molar-refractivity contribution is 6.72. The molecule has 3 aromatic rings. The molecule has 1 amide bonds. The number of carbonyl (C=O) groups excluding carboxylic acids is 1.